The molecular formula is C22H22N2O2S2. The highest BCUT2D eigenvalue weighted by Crippen LogP contribution is 2.40. The average molecular weight is 411 g/mol. The maximum atomic E-state index is 12.5. The second-order valence-electron chi connectivity index (χ2n) is 6.22. The van der Waals surface area contributed by atoms with Crippen LogP contribution in [0.5, 0.6) is 0 Å². The predicted molar refractivity (Wildman–Crippen MR) is 121 cm³/mol. The van der Waals surface area contributed by atoms with Gasteiger partial charge >= 0.3 is 5.97 Å². The fraction of sp³-hybridized carbons (Fsp3) is 0.182. The summed E-state index contributed by atoms with van der Waals surface area (Å²) in [6.07, 6.45) is 0.988. The first-order chi connectivity index (χ1) is 13.5. The van der Waals surface area contributed by atoms with Gasteiger partial charge in [0.05, 0.1) is 7.11 Å². The number of hydrogen-bond donors (Lipinski definition) is 2. The van der Waals surface area contributed by atoms with Crippen molar-refractivity contribution in [3.8, 4) is 11.1 Å². The number of benzene rings is 2. The molecule has 0 fully saturated rings. The van der Waals surface area contributed by atoms with E-state index in [1.807, 2.05) is 49.4 Å². The van der Waals surface area contributed by atoms with Crippen molar-refractivity contribution in [2.24, 2.45) is 0 Å². The third-order valence-corrected chi connectivity index (χ3v) is 5.61. The summed E-state index contributed by atoms with van der Waals surface area (Å²) in [6, 6.07) is 17.9. The Labute approximate surface area is 174 Å². The fourth-order valence-electron chi connectivity index (χ4n) is 2.97. The summed E-state index contributed by atoms with van der Waals surface area (Å²) in [6.45, 7) is 4.11. The van der Waals surface area contributed by atoms with E-state index in [2.05, 4.69) is 29.7 Å². The number of nitrogens with one attached hydrogen (secondary N) is 2. The van der Waals surface area contributed by atoms with Gasteiger partial charge in [-0.15, -0.1) is 11.3 Å². The number of carbonyl (C=O) groups is 1. The Balaban J connectivity index is 1.88. The summed E-state index contributed by atoms with van der Waals surface area (Å²) in [7, 11) is 1.39. The molecule has 3 rings (SSSR count). The largest absolute Gasteiger partial charge is 0.465 e. The van der Waals surface area contributed by atoms with E-state index in [-0.39, 0.29) is 5.97 Å². The van der Waals surface area contributed by atoms with Gasteiger partial charge in [-0.25, -0.2) is 4.79 Å². The highest BCUT2D eigenvalue weighted by atomic mass is 32.1. The highest BCUT2D eigenvalue weighted by molar-refractivity contribution is 7.80. The third-order valence-electron chi connectivity index (χ3n) is 4.38. The van der Waals surface area contributed by atoms with Crippen molar-refractivity contribution in [1.82, 2.24) is 0 Å². The Kier molecular flexibility index (Phi) is 6.44. The van der Waals surface area contributed by atoms with E-state index in [1.54, 1.807) is 0 Å². The normalized spacial score (nSPS) is 10.4. The maximum Gasteiger partial charge on any atom is 0.341 e. The van der Waals surface area contributed by atoms with Gasteiger partial charge in [0.1, 0.15) is 10.6 Å². The lowest BCUT2D eigenvalue weighted by Crippen LogP contribution is -2.20. The molecule has 2 aromatic carbocycles. The second-order valence-corrected chi connectivity index (χ2v) is 7.86. The molecule has 2 N–H and O–H groups in total. The summed E-state index contributed by atoms with van der Waals surface area (Å²) >= 11 is 6.95. The Morgan fingerprint density at radius 3 is 2.36 bits per heavy atom. The number of anilines is 2. The minimum atomic E-state index is -0.388. The molecule has 6 heteroatoms. The van der Waals surface area contributed by atoms with Crippen molar-refractivity contribution >= 4 is 45.3 Å². The maximum absolute atomic E-state index is 12.5. The number of methoxy groups -OCH3 is 1. The molecule has 144 valence electrons. The van der Waals surface area contributed by atoms with Crippen molar-refractivity contribution in [1.29, 1.82) is 0 Å². The molecule has 0 atom stereocenters. The third kappa shape index (κ3) is 4.40. The van der Waals surface area contributed by atoms with Crippen LogP contribution >= 0.6 is 23.6 Å². The zero-order chi connectivity index (χ0) is 20.1. The standard InChI is InChI=1S/C22H22N2O2S2/c1-4-15-10-12-17(13-11-15)23-22(27)24-20-19(21(25)26-3)18(14(2)28-20)16-8-6-5-7-9-16/h5-13H,4H2,1-3H3,(H2,23,24,27). The summed E-state index contributed by atoms with van der Waals surface area (Å²) in [5.41, 5.74) is 4.50. The zero-order valence-electron chi connectivity index (χ0n) is 16.0. The van der Waals surface area contributed by atoms with Gasteiger partial charge in [-0.2, -0.15) is 0 Å². The van der Waals surface area contributed by atoms with Crippen LogP contribution in [0, 0.1) is 6.92 Å². The SMILES string of the molecule is CCc1ccc(NC(=S)Nc2sc(C)c(-c3ccccc3)c2C(=O)OC)cc1. The Bertz CT molecular complexity index is 980. The van der Waals surface area contributed by atoms with E-state index >= 15 is 0 Å². The first kappa shape index (κ1) is 20.0. The average Bonchev–Trinajstić information content (AvgIpc) is 3.04. The molecule has 28 heavy (non-hydrogen) atoms. The Morgan fingerprint density at radius 2 is 1.75 bits per heavy atom. The number of carbonyl (C=O) groups excluding carboxylic acids is 1. The van der Waals surface area contributed by atoms with Gasteiger partial charge in [-0.1, -0.05) is 49.4 Å². The Hall–Kier alpha value is -2.70. The van der Waals surface area contributed by atoms with E-state index in [9.17, 15) is 4.79 Å². The van der Waals surface area contributed by atoms with Gasteiger partial charge in [-0.05, 0) is 48.8 Å². The number of thiophene rings is 1. The summed E-state index contributed by atoms with van der Waals surface area (Å²) in [5.74, 6) is -0.388. The quantitative estimate of drug-likeness (QED) is 0.406. The van der Waals surface area contributed by atoms with Crippen molar-refractivity contribution in [2.75, 3.05) is 17.7 Å². The van der Waals surface area contributed by atoms with Crippen LogP contribution in [0.3, 0.4) is 0 Å². The van der Waals surface area contributed by atoms with Crippen molar-refractivity contribution in [2.45, 2.75) is 20.3 Å². The van der Waals surface area contributed by atoms with Crippen LogP contribution in [0.25, 0.3) is 11.1 Å². The minimum absolute atomic E-state index is 0.388. The minimum Gasteiger partial charge on any atom is -0.465 e. The monoisotopic (exact) mass is 410 g/mol. The smallest absolute Gasteiger partial charge is 0.341 e. The van der Waals surface area contributed by atoms with Crippen LogP contribution in [-0.4, -0.2) is 18.2 Å². The molecule has 4 nitrogen and oxygen atoms in total. The first-order valence-corrected chi connectivity index (χ1v) is 10.2. The van der Waals surface area contributed by atoms with Crippen LogP contribution in [0.4, 0.5) is 10.7 Å². The molecular weight excluding hydrogens is 388 g/mol. The zero-order valence-corrected chi connectivity index (χ0v) is 17.7. The molecule has 0 amide bonds. The molecule has 1 aromatic heterocycles. The van der Waals surface area contributed by atoms with Gasteiger partial charge in [0.25, 0.3) is 0 Å². The lowest BCUT2D eigenvalue weighted by Gasteiger charge is -2.11. The number of thiocarbonyl (C=S) groups is 1. The molecule has 0 unspecified atom stereocenters. The molecule has 0 aliphatic rings. The summed E-state index contributed by atoms with van der Waals surface area (Å²) in [5, 5.41) is 7.44. The molecule has 0 saturated heterocycles. The van der Waals surface area contributed by atoms with Crippen LogP contribution in [0.1, 0.15) is 27.7 Å². The van der Waals surface area contributed by atoms with Crippen molar-refractivity contribution < 1.29 is 9.53 Å². The number of hydrogen-bond acceptors (Lipinski definition) is 4. The van der Waals surface area contributed by atoms with Gasteiger partial charge in [0, 0.05) is 16.1 Å². The molecule has 3 aromatic rings. The number of ether oxygens (including phenoxy) is 1. The number of aryl methyl sites for hydroxylation is 2. The van der Waals surface area contributed by atoms with Gasteiger partial charge in [0.15, 0.2) is 5.11 Å². The first-order valence-electron chi connectivity index (χ1n) is 8.97. The number of esters is 1. The van der Waals surface area contributed by atoms with E-state index in [0.717, 1.165) is 28.1 Å². The number of rotatable bonds is 5. The van der Waals surface area contributed by atoms with Gasteiger partial charge in [-0.3, -0.25) is 0 Å². The van der Waals surface area contributed by atoms with E-state index < -0.39 is 0 Å². The lowest BCUT2D eigenvalue weighted by molar-refractivity contribution is 0.0603. The topological polar surface area (TPSA) is 50.4 Å². The summed E-state index contributed by atoms with van der Waals surface area (Å²) in [4.78, 5) is 13.6. The molecule has 0 saturated carbocycles. The van der Waals surface area contributed by atoms with Crippen LogP contribution in [0.15, 0.2) is 54.6 Å². The second kappa shape index (κ2) is 8.99. The lowest BCUT2D eigenvalue weighted by atomic mass is 10.0. The van der Waals surface area contributed by atoms with Crippen molar-refractivity contribution in [3.63, 3.8) is 0 Å². The fourth-order valence-corrected chi connectivity index (χ4v) is 4.32. The van der Waals surface area contributed by atoms with Crippen molar-refractivity contribution in [3.05, 3.63) is 70.6 Å². The van der Waals surface area contributed by atoms with Crippen LogP contribution in [0.2, 0.25) is 0 Å². The van der Waals surface area contributed by atoms with Crippen LogP contribution < -0.4 is 10.6 Å². The summed E-state index contributed by atoms with van der Waals surface area (Å²) < 4.78 is 5.04. The molecule has 0 aliphatic heterocycles. The molecule has 0 bridgehead atoms. The molecule has 0 aliphatic carbocycles. The molecule has 0 spiro atoms. The Morgan fingerprint density at radius 1 is 1.07 bits per heavy atom. The van der Waals surface area contributed by atoms with Gasteiger partial charge in [0.2, 0.25) is 0 Å². The predicted octanol–water partition coefficient (Wildman–Crippen LogP) is 5.88. The van der Waals surface area contributed by atoms with E-state index in [1.165, 1.54) is 24.0 Å². The van der Waals surface area contributed by atoms with E-state index in [4.69, 9.17) is 17.0 Å². The van der Waals surface area contributed by atoms with Gasteiger partial charge < -0.3 is 15.4 Å². The highest BCUT2D eigenvalue weighted by Gasteiger charge is 2.24. The molecule has 1 heterocycles. The van der Waals surface area contributed by atoms with E-state index in [0.29, 0.717) is 15.7 Å². The van der Waals surface area contributed by atoms with Crippen LogP contribution in [-0.2, 0) is 11.2 Å². The molecule has 0 radical (unpaired) electrons.